The lowest BCUT2D eigenvalue weighted by Crippen LogP contribution is -2.36. The molecule has 7 heteroatoms. The first-order valence-corrected chi connectivity index (χ1v) is 8.79. The summed E-state index contributed by atoms with van der Waals surface area (Å²) in [5, 5.41) is 7.70. The quantitative estimate of drug-likeness (QED) is 0.921. The number of nitrogens with one attached hydrogen (secondary N) is 1. The van der Waals surface area contributed by atoms with E-state index in [0.717, 1.165) is 37.1 Å². The summed E-state index contributed by atoms with van der Waals surface area (Å²) >= 11 is 0. The van der Waals surface area contributed by atoms with Gasteiger partial charge in [-0.05, 0) is 31.4 Å². The maximum atomic E-state index is 12.9. The van der Waals surface area contributed by atoms with Crippen molar-refractivity contribution in [1.29, 1.82) is 0 Å². The van der Waals surface area contributed by atoms with Crippen LogP contribution in [0.1, 0.15) is 25.0 Å². The zero-order chi connectivity index (χ0) is 17.1. The number of aromatic nitrogens is 4. The number of carbonyl (C=O) groups is 1. The normalized spacial score (nSPS) is 19.9. The van der Waals surface area contributed by atoms with E-state index in [4.69, 9.17) is 0 Å². The maximum Gasteiger partial charge on any atom is 0.249 e. The van der Waals surface area contributed by atoms with Gasteiger partial charge >= 0.3 is 0 Å². The molecular formula is C18H22N6O. The second-order valence-corrected chi connectivity index (χ2v) is 6.63. The fraction of sp³-hybridized carbons (Fsp3) is 0.444. The first-order valence-electron chi connectivity index (χ1n) is 8.79. The van der Waals surface area contributed by atoms with Gasteiger partial charge in [-0.25, -0.2) is 9.97 Å². The zero-order valence-corrected chi connectivity index (χ0v) is 14.1. The molecule has 0 saturated carbocycles. The van der Waals surface area contributed by atoms with Gasteiger partial charge in [0, 0.05) is 49.7 Å². The third kappa shape index (κ3) is 3.55. The highest BCUT2D eigenvalue weighted by atomic mass is 16.2. The summed E-state index contributed by atoms with van der Waals surface area (Å²) in [6.07, 6.45) is 10.3. The molecule has 1 unspecified atom stereocenters. The fourth-order valence-corrected chi connectivity index (χ4v) is 3.51. The Morgan fingerprint density at radius 1 is 1.24 bits per heavy atom. The van der Waals surface area contributed by atoms with Crippen molar-refractivity contribution in [2.75, 3.05) is 18.4 Å². The molecule has 0 bridgehead atoms. The average molecular weight is 338 g/mol. The monoisotopic (exact) mass is 338 g/mol. The molecule has 2 aliphatic rings. The Balaban J connectivity index is 1.50. The number of hydrogen-bond donors (Lipinski definition) is 1. The predicted octanol–water partition coefficient (Wildman–Crippen LogP) is 1.85. The summed E-state index contributed by atoms with van der Waals surface area (Å²) in [6.45, 7) is 2.81. The van der Waals surface area contributed by atoms with Crippen LogP contribution in [0.3, 0.4) is 0 Å². The van der Waals surface area contributed by atoms with Crippen molar-refractivity contribution in [2.45, 2.75) is 32.4 Å². The Morgan fingerprint density at radius 2 is 2.12 bits per heavy atom. The van der Waals surface area contributed by atoms with Gasteiger partial charge in [0.15, 0.2) is 0 Å². The van der Waals surface area contributed by atoms with E-state index < -0.39 is 0 Å². The number of anilines is 1. The molecule has 0 fully saturated rings. The lowest BCUT2D eigenvalue weighted by atomic mass is 10.1. The predicted molar refractivity (Wildman–Crippen MR) is 93.6 cm³/mol. The highest BCUT2D eigenvalue weighted by Crippen LogP contribution is 2.23. The van der Waals surface area contributed by atoms with E-state index in [1.54, 1.807) is 18.5 Å². The minimum Gasteiger partial charge on any atom is -0.354 e. The standard InChI is InChI=1S/C18H22N6O/c25-17(15-4-1-2-5-15)23-11-14(10-21-18-19-7-3-8-20-18)12-24-16(13-23)6-9-22-24/h3-4,6-9,14H,1-2,5,10-13H2,(H,19,20,21). The van der Waals surface area contributed by atoms with Crippen LogP contribution in [0.4, 0.5) is 5.95 Å². The van der Waals surface area contributed by atoms with Crippen LogP contribution in [-0.4, -0.2) is 43.6 Å². The van der Waals surface area contributed by atoms with Crippen LogP contribution in [0.15, 0.2) is 42.4 Å². The van der Waals surface area contributed by atoms with Gasteiger partial charge in [-0.15, -0.1) is 0 Å². The Morgan fingerprint density at radius 3 is 2.92 bits per heavy atom. The van der Waals surface area contributed by atoms with E-state index in [9.17, 15) is 4.79 Å². The summed E-state index contributed by atoms with van der Waals surface area (Å²) < 4.78 is 2.01. The molecule has 2 aromatic rings. The van der Waals surface area contributed by atoms with E-state index in [1.165, 1.54) is 0 Å². The average Bonchev–Trinajstić information content (AvgIpc) is 3.29. The minimum absolute atomic E-state index is 0.174. The van der Waals surface area contributed by atoms with Crippen LogP contribution in [0.2, 0.25) is 0 Å². The SMILES string of the molecule is O=C(C1=CCCC1)N1Cc2ccnn2CC(CNc2ncccn2)C1. The van der Waals surface area contributed by atoms with Gasteiger partial charge in [-0.3, -0.25) is 9.48 Å². The van der Waals surface area contributed by atoms with Gasteiger partial charge in [0.25, 0.3) is 0 Å². The molecule has 0 aromatic carbocycles. The third-order valence-electron chi connectivity index (χ3n) is 4.78. The number of rotatable bonds is 4. The van der Waals surface area contributed by atoms with E-state index in [0.29, 0.717) is 25.6 Å². The number of hydrogen-bond acceptors (Lipinski definition) is 5. The summed E-state index contributed by atoms with van der Waals surface area (Å²) in [4.78, 5) is 23.3. The van der Waals surface area contributed by atoms with Crippen molar-refractivity contribution < 1.29 is 4.79 Å². The van der Waals surface area contributed by atoms with Gasteiger partial charge in [-0.1, -0.05) is 6.08 Å². The van der Waals surface area contributed by atoms with Gasteiger partial charge in [0.1, 0.15) is 0 Å². The summed E-state index contributed by atoms with van der Waals surface area (Å²) in [5.74, 6) is 1.04. The Labute approximate surface area is 146 Å². The molecule has 7 nitrogen and oxygen atoms in total. The second kappa shape index (κ2) is 7.04. The molecule has 0 saturated heterocycles. The molecular weight excluding hydrogens is 316 g/mol. The maximum absolute atomic E-state index is 12.9. The third-order valence-corrected chi connectivity index (χ3v) is 4.78. The van der Waals surface area contributed by atoms with Crippen LogP contribution >= 0.6 is 0 Å². The Bertz CT molecular complexity index is 769. The summed E-state index contributed by atoms with van der Waals surface area (Å²) in [5.41, 5.74) is 2.05. The van der Waals surface area contributed by atoms with Crippen molar-refractivity contribution in [3.8, 4) is 0 Å². The van der Waals surface area contributed by atoms with E-state index in [2.05, 4.69) is 26.5 Å². The van der Waals surface area contributed by atoms with Gasteiger partial charge in [0.05, 0.1) is 12.2 Å². The Kier molecular flexibility index (Phi) is 4.45. The van der Waals surface area contributed by atoms with E-state index >= 15 is 0 Å². The van der Waals surface area contributed by atoms with Crippen molar-refractivity contribution in [3.63, 3.8) is 0 Å². The smallest absolute Gasteiger partial charge is 0.249 e. The molecule has 3 heterocycles. The number of nitrogens with zero attached hydrogens (tertiary/aromatic N) is 5. The molecule has 25 heavy (non-hydrogen) atoms. The number of carbonyl (C=O) groups excluding carboxylic acids is 1. The first kappa shape index (κ1) is 15.8. The molecule has 1 aliphatic heterocycles. The molecule has 0 radical (unpaired) electrons. The second-order valence-electron chi connectivity index (χ2n) is 6.63. The first-order chi connectivity index (χ1) is 12.3. The fourth-order valence-electron chi connectivity index (χ4n) is 3.51. The zero-order valence-electron chi connectivity index (χ0n) is 14.1. The van der Waals surface area contributed by atoms with Crippen molar-refractivity contribution in [1.82, 2.24) is 24.6 Å². The molecule has 2 aromatic heterocycles. The Hall–Kier alpha value is -2.70. The number of fused-ring (bicyclic) bond motifs is 1. The van der Waals surface area contributed by atoms with Gasteiger partial charge in [0.2, 0.25) is 11.9 Å². The number of allylic oxidation sites excluding steroid dienone is 1. The highest BCUT2D eigenvalue weighted by molar-refractivity contribution is 5.93. The lowest BCUT2D eigenvalue weighted by molar-refractivity contribution is -0.128. The van der Waals surface area contributed by atoms with Crippen LogP contribution in [0, 0.1) is 5.92 Å². The minimum atomic E-state index is 0.174. The largest absolute Gasteiger partial charge is 0.354 e. The molecule has 1 aliphatic carbocycles. The lowest BCUT2D eigenvalue weighted by Gasteiger charge is -2.25. The van der Waals surface area contributed by atoms with E-state index in [-0.39, 0.29) is 11.8 Å². The van der Waals surface area contributed by atoms with Crippen LogP contribution < -0.4 is 5.32 Å². The summed E-state index contributed by atoms with van der Waals surface area (Å²) in [6, 6.07) is 3.79. The van der Waals surface area contributed by atoms with Crippen molar-refractivity contribution in [3.05, 3.63) is 48.1 Å². The number of amides is 1. The summed E-state index contributed by atoms with van der Waals surface area (Å²) in [7, 11) is 0. The van der Waals surface area contributed by atoms with Crippen LogP contribution in [-0.2, 0) is 17.9 Å². The molecule has 130 valence electrons. The van der Waals surface area contributed by atoms with Gasteiger partial charge in [-0.2, -0.15) is 5.10 Å². The molecule has 1 N–H and O–H groups in total. The van der Waals surface area contributed by atoms with Crippen molar-refractivity contribution >= 4 is 11.9 Å². The topological polar surface area (TPSA) is 75.9 Å². The van der Waals surface area contributed by atoms with Crippen LogP contribution in [0.5, 0.6) is 0 Å². The van der Waals surface area contributed by atoms with Crippen molar-refractivity contribution in [2.24, 2.45) is 5.92 Å². The van der Waals surface area contributed by atoms with E-state index in [1.807, 2.05) is 21.8 Å². The highest BCUT2D eigenvalue weighted by Gasteiger charge is 2.27. The molecule has 1 atom stereocenters. The molecule has 0 spiro atoms. The van der Waals surface area contributed by atoms with Gasteiger partial charge < -0.3 is 10.2 Å². The molecule has 4 rings (SSSR count). The van der Waals surface area contributed by atoms with Crippen LogP contribution in [0.25, 0.3) is 0 Å². The molecule has 1 amide bonds.